The number of benzene rings is 1. The van der Waals surface area contributed by atoms with Crippen LogP contribution in [0.15, 0.2) is 30.3 Å². The van der Waals surface area contributed by atoms with Crippen molar-refractivity contribution in [2.45, 2.75) is 32.2 Å². The first-order valence-electron chi connectivity index (χ1n) is 7.22. The van der Waals surface area contributed by atoms with E-state index in [1.807, 2.05) is 30.3 Å². The molecule has 1 saturated carbocycles. The van der Waals surface area contributed by atoms with Gasteiger partial charge in [-0.3, -0.25) is 4.79 Å². The van der Waals surface area contributed by atoms with Crippen molar-refractivity contribution in [2.24, 2.45) is 0 Å². The Morgan fingerprint density at radius 1 is 1.35 bits per heavy atom. The molecule has 2 N–H and O–H groups in total. The van der Waals surface area contributed by atoms with Crippen LogP contribution in [0.3, 0.4) is 0 Å². The van der Waals surface area contributed by atoms with E-state index in [1.165, 1.54) is 0 Å². The second-order valence-electron chi connectivity index (χ2n) is 5.25. The van der Waals surface area contributed by atoms with Gasteiger partial charge in [0.1, 0.15) is 5.69 Å². The van der Waals surface area contributed by atoms with E-state index in [0.29, 0.717) is 11.7 Å². The van der Waals surface area contributed by atoms with Gasteiger partial charge >= 0.3 is 0 Å². The maximum absolute atomic E-state index is 12.2. The van der Waals surface area contributed by atoms with Crippen molar-refractivity contribution < 1.29 is 4.79 Å². The number of rotatable bonds is 5. The first-order valence-corrected chi connectivity index (χ1v) is 7.22. The monoisotopic (exact) mass is 269 g/mol. The third kappa shape index (κ3) is 2.74. The summed E-state index contributed by atoms with van der Waals surface area (Å²) in [5, 5.41) is 7.43. The summed E-state index contributed by atoms with van der Waals surface area (Å²) >= 11 is 0. The number of nitrogens with one attached hydrogen (secondary N) is 2. The molecule has 0 spiro atoms. The first-order chi connectivity index (χ1) is 9.78. The van der Waals surface area contributed by atoms with Crippen molar-refractivity contribution in [3.63, 3.8) is 0 Å². The molecular weight excluding hydrogens is 250 g/mol. The van der Waals surface area contributed by atoms with Crippen LogP contribution in [0.2, 0.25) is 0 Å². The standard InChI is InChI=1S/C16H19N3O/c1-2-9-17-14-10-15(16(20)18-11-7-8-11)19-13-6-4-3-5-12(13)14/h3-6,10-11H,2,7-9H2,1H3,(H,17,19)(H,18,20). The van der Waals surface area contributed by atoms with Gasteiger partial charge in [-0.05, 0) is 31.4 Å². The van der Waals surface area contributed by atoms with Crippen LogP contribution < -0.4 is 10.6 Å². The normalized spacial score (nSPS) is 14.2. The lowest BCUT2D eigenvalue weighted by atomic mass is 10.1. The number of para-hydroxylation sites is 1. The molecule has 0 radical (unpaired) electrons. The van der Waals surface area contributed by atoms with Crippen LogP contribution in [0.1, 0.15) is 36.7 Å². The molecule has 1 heterocycles. The van der Waals surface area contributed by atoms with Crippen molar-refractivity contribution >= 4 is 22.5 Å². The lowest BCUT2D eigenvalue weighted by molar-refractivity contribution is 0.0946. The Kier molecular flexibility index (Phi) is 3.54. The van der Waals surface area contributed by atoms with Gasteiger partial charge < -0.3 is 10.6 Å². The van der Waals surface area contributed by atoms with E-state index < -0.39 is 0 Å². The molecule has 0 saturated heterocycles. The third-order valence-electron chi connectivity index (χ3n) is 3.43. The molecule has 1 aliphatic carbocycles. The molecule has 1 fully saturated rings. The fourth-order valence-electron chi connectivity index (χ4n) is 2.18. The number of aromatic nitrogens is 1. The van der Waals surface area contributed by atoms with E-state index >= 15 is 0 Å². The molecule has 3 rings (SSSR count). The predicted octanol–water partition coefficient (Wildman–Crippen LogP) is 2.95. The fourth-order valence-corrected chi connectivity index (χ4v) is 2.18. The van der Waals surface area contributed by atoms with E-state index in [4.69, 9.17) is 0 Å². The van der Waals surface area contributed by atoms with Crippen molar-refractivity contribution in [1.29, 1.82) is 0 Å². The van der Waals surface area contributed by atoms with Crippen LogP contribution in [0.4, 0.5) is 5.69 Å². The molecule has 1 aromatic carbocycles. The highest BCUT2D eigenvalue weighted by Gasteiger charge is 2.24. The molecule has 4 heteroatoms. The minimum atomic E-state index is -0.0715. The SMILES string of the molecule is CCCNc1cc(C(=O)NC2CC2)nc2ccccc12. The highest BCUT2D eigenvalue weighted by molar-refractivity contribution is 5.99. The lowest BCUT2D eigenvalue weighted by Gasteiger charge is -2.11. The van der Waals surface area contributed by atoms with Crippen molar-refractivity contribution in [1.82, 2.24) is 10.3 Å². The molecule has 1 amide bonds. The number of hydrogen-bond acceptors (Lipinski definition) is 3. The lowest BCUT2D eigenvalue weighted by Crippen LogP contribution is -2.26. The summed E-state index contributed by atoms with van der Waals surface area (Å²) in [6, 6.07) is 10.1. The van der Waals surface area contributed by atoms with Crippen LogP contribution in [0, 0.1) is 0 Å². The number of carbonyl (C=O) groups is 1. The summed E-state index contributed by atoms with van der Waals surface area (Å²) in [5.74, 6) is -0.0715. The Bertz CT molecular complexity index is 635. The molecule has 1 aromatic heterocycles. The molecule has 20 heavy (non-hydrogen) atoms. The number of carbonyl (C=O) groups excluding carboxylic acids is 1. The molecule has 0 bridgehead atoms. The maximum atomic E-state index is 12.2. The summed E-state index contributed by atoms with van der Waals surface area (Å²) in [7, 11) is 0. The minimum absolute atomic E-state index is 0.0715. The topological polar surface area (TPSA) is 54.0 Å². The summed E-state index contributed by atoms with van der Waals surface area (Å²) in [6.45, 7) is 3.01. The zero-order valence-electron chi connectivity index (χ0n) is 11.6. The quantitative estimate of drug-likeness (QED) is 0.877. The number of hydrogen-bond donors (Lipinski definition) is 2. The van der Waals surface area contributed by atoms with E-state index in [1.54, 1.807) is 0 Å². The van der Waals surface area contributed by atoms with Crippen LogP contribution in [0.5, 0.6) is 0 Å². The van der Waals surface area contributed by atoms with Gasteiger partial charge in [-0.1, -0.05) is 25.1 Å². The zero-order chi connectivity index (χ0) is 13.9. The summed E-state index contributed by atoms with van der Waals surface area (Å²) in [4.78, 5) is 16.6. The van der Waals surface area contributed by atoms with Crippen LogP contribution in [-0.4, -0.2) is 23.5 Å². The highest BCUT2D eigenvalue weighted by atomic mass is 16.2. The number of amides is 1. The van der Waals surface area contributed by atoms with Crippen molar-refractivity contribution in [3.8, 4) is 0 Å². The molecule has 0 aliphatic heterocycles. The van der Waals surface area contributed by atoms with Gasteiger partial charge in [0.05, 0.1) is 5.52 Å². The minimum Gasteiger partial charge on any atom is -0.384 e. The Morgan fingerprint density at radius 2 is 2.15 bits per heavy atom. The van der Waals surface area contributed by atoms with Gasteiger partial charge in [-0.25, -0.2) is 4.98 Å². The largest absolute Gasteiger partial charge is 0.384 e. The van der Waals surface area contributed by atoms with Crippen molar-refractivity contribution in [3.05, 3.63) is 36.0 Å². The van der Waals surface area contributed by atoms with E-state index in [0.717, 1.165) is 42.4 Å². The number of fused-ring (bicyclic) bond motifs is 1. The summed E-state index contributed by atoms with van der Waals surface area (Å²) < 4.78 is 0. The summed E-state index contributed by atoms with van der Waals surface area (Å²) in [6.07, 6.45) is 3.21. The maximum Gasteiger partial charge on any atom is 0.270 e. The Labute approximate surface area is 118 Å². The number of anilines is 1. The van der Waals surface area contributed by atoms with Crippen molar-refractivity contribution in [2.75, 3.05) is 11.9 Å². The zero-order valence-corrected chi connectivity index (χ0v) is 11.6. The molecule has 0 atom stereocenters. The number of pyridine rings is 1. The van der Waals surface area contributed by atoms with Gasteiger partial charge in [-0.15, -0.1) is 0 Å². The summed E-state index contributed by atoms with van der Waals surface area (Å²) in [5.41, 5.74) is 2.34. The third-order valence-corrected chi connectivity index (χ3v) is 3.43. The van der Waals surface area contributed by atoms with E-state index in [2.05, 4.69) is 22.5 Å². The average molecular weight is 269 g/mol. The van der Waals surface area contributed by atoms with E-state index in [9.17, 15) is 4.79 Å². The number of nitrogens with zero attached hydrogens (tertiary/aromatic N) is 1. The van der Waals surface area contributed by atoms with Gasteiger partial charge in [0, 0.05) is 23.7 Å². The second kappa shape index (κ2) is 5.49. The molecule has 104 valence electrons. The molecule has 4 nitrogen and oxygen atoms in total. The van der Waals surface area contributed by atoms with Gasteiger partial charge in [0.15, 0.2) is 0 Å². The van der Waals surface area contributed by atoms with Crippen LogP contribution in [0.25, 0.3) is 10.9 Å². The van der Waals surface area contributed by atoms with E-state index in [-0.39, 0.29) is 5.91 Å². The first kappa shape index (κ1) is 12.9. The molecule has 1 aliphatic rings. The predicted molar refractivity (Wildman–Crippen MR) is 81.0 cm³/mol. The van der Waals surface area contributed by atoms with Gasteiger partial charge in [0.25, 0.3) is 5.91 Å². The van der Waals surface area contributed by atoms with Gasteiger partial charge in [0.2, 0.25) is 0 Å². The molecule has 0 unspecified atom stereocenters. The average Bonchev–Trinajstić information content (AvgIpc) is 3.28. The van der Waals surface area contributed by atoms with Crippen LogP contribution in [-0.2, 0) is 0 Å². The smallest absolute Gasteiger partial charge is 0.270 e. The highest BCUT2D eigenvalue weighted by Crippen LogP contribution is 2.24. The fraction of sp³-hybridized carbons (Fsp3) is 0.375. The Morgan fingerprint density at radius 3 is 2.90 bits per heavy atom. The van der Waals surface area contributed by atoms with Gasteiger partial charge in [-0.2, -0.15) is 0 Å². The Balaban J connectivity index is 1.97. The van der Waals surface area contributed by atoms with Crippen LogP contribution >= 0.6 is 0 Å². The molecular formula is C16H19N3O. The Hall–Kier alpha value is -2.10. The second-order valence-corrected chi connectivity index (χ2v) is 5.25. The molecule has 2 aromatic rings.